The van der Waals surface area contributed by atoms with Crippen molar-refractivity contribution < 1.29 is 40.9 Å². The van der Waals surface area contributed by atoms with Crippen LogP contribution in [0.15, 0.2) is 0 Å². The topological polar surface area (TPSA) is 162 Å². The van der Waals surface area contributed by atoms with Crippen LogP contribution in [0.3, 0.4) is 0 Å². The second-order valence-corrected chi connectivity index (χ2v) is 3.59. The molecule has 0 aliphatic heterocycles. The quantitative estimate of drug-likeness (QED) is 0.208. The van der Waals surface area contributed by atoms with Crippen LogP contribution in [0, 0.1) is 0 Å². The Balaban J connectivity index is 4.02. The predicted octanol–water partition coefficient (Wildman–Crippen LogP) is -4.17. The maximum Gasteiger partial charge on any atom is 0.302 e. The smallest absolute Gasteiger partial charge is 0.302 e. The summed E-state index contributed by atoms with van der Waals surface area (Å²) in [6.45, 7) is -0.745. The molecule has 0 saturated heterocycles. The molecule has 8 nitrogen and oxygen atoms in total. The molecule has 0 aromatic carbocycles. The first-order valence-corrected chi connectivity index (χ1v) is 4.70. The van der Waals surface area contributed by atoms with Crippen molar-refractivity contribution in [1.29, 1.82) is 0 Å². The second kappa shape index (κ2) is 6.42. The van der Waals surface area contributed by atoms with Gasteiger partial charge in [0.2, 0.25) is 0 Å². The minimum atomic E-state index is -3.28. The van der Waals surface area contributed by atoms with Crippen molar-refractivity contribution in [1.82, 2.24) is 0 Å². The molecule has 0 aliphatic rings. The summed E-state index contributed by atoms with van der Waals surface area (Å²) in [7, 11) is 0. The maximum atomic E-state index is 9.26. The van der Waals surface area contributed by atoms with E-state index in [9.17, 15) is 10.2 Å². The molecule has 0 rings (SSSR count). The van der Waals surface area contributed by atoms with Gasteiger partial charge in [0.15, 0.2) is 0 Å². The van der Waals surface area contributed by atoms with E-state index in [1.54, 1.807) is 0 Å². The molecule has 0 aliphatic carbocycles. The van der Waals surface area contributed by atoms with Crippen molar-refractivity contribution in [2.24, 2.45) is 0 Å². The van der Waals surface area contributed by atoms with Crippen LogP contribution >= 0.6 is 0 Å². The molecule has 4 atom stereocenters. The minimum absolute atomic E-state index is 0.303. The molecule has 0 saturated carbocycles. The fourth-order valence-electron chi connectivity index (χ4n) is 1.06. The first-order chi connectivity index (χ1) is 7.20. The first-order valence-electron chi connectivity index (χ1n) is 4.70. The van der Waals surface area contributed by atoms with Crippen molar-refractivity contribution in [3.63, 3.8) is 0 Å². The SMILES string of the molecule is OC[C@@H](O)[C@@H](O)[C@@H](O)CC[C@@H](O)C(O)(O)O. The number of hydrogen-bond donors (Lipinski definition) is 8. The van der Waals surface area contributed by atoms with Gasteiger partial charge in [-0.15, -0.1) is 0 Å². The van der Waals surface area contributed by atoms with Crippen LogP contribution in [-0.4, -0.2) is 77.8 Å². The second-order valence-electron chi connectivity index (χ2n) is 3.59. The van der Waals surface area contributed by atoms with Crippen LogP contribution < -0.4 is 0 Å². The maximum absolute atomic E-state index is 9.26. The van der Waals surface area contributed by atoms with Gasteiger partial charge >= 0.3 is 5.97 Å². The van der Waals surface area contributed by atoms with Gasteiger partial charge in [-0.2, -0.15) is 0 Å². The standard InChI is InChI=1S/C8H18O8/c9-3-5(11)7(13)4(10)1-2-6(12)8(14,15)16/h4-7,9-16H,1-3H2/t4-,5+,6+,7-/m0/s1. The molecule has 98 valence electrons. The highest BCUT2D eigenvalue weighted by Gasteiger charge is 2.32. The number of aliphatic hydroxyl groups is 8. The van der Waals surface area contributed by atoms with Crippen LogP contribution in [0.1, 0.15) is 12.8 Å². The summed E-state index contributed by atoms with van der Waals surface area (Å²) in [5.41, 5.74) is 0. The van der Waals surface area contributed by atoms with Crippen molar-refractivity contribution in [2.75, 3.05) is 6.61 Å². The van der Waals surface area contributed by atoms with E-state index in [-0.39, 0.29) is 6.42 Å². The van der Waals surface area contributed by atoms with Crippen molar-refractivity contribution in [3.05, 3.63) is 0 Å². The Hall–Kier alpha value is -0.320. The lowest BCUT2D eigenvalue weighted by atomic mass is 10.0. The molecule has 16 heavy (non-hydrogen) atoms. The van der Waals surface area contributed by atoms with E-state index in [2.05, 4.69) is 0 Å². The number of rotatable bonds is 7. The highest BCUT2D eigenvalue weighted by molar-refractivity contribution is 4.76. The first kappa shape index (κ1) is 15.7. The van der Waals surface area contributed by atoms with Crippen LogP contribution in [0.25, 0.3) is 0 Å². The summed E-state index contributed by atoms with van der Waals surface area (Å²) in [6.07, 6.45) is -7.26. The fraction of sp³-hybridized carbons (Fsp3) is 1.00. The third-order valence-corrected chi connectivity index (χ3v) is 2.16. The van der Waals surface area contributed by atoms with Gasteiger partial charge in [-0.1, -0.05) is 0 Å². The summed E-state index contributed by atoms with van der Waals surface area (Å²) in [5, 5.41) is 70.4. The predicted molar refractivity (Wildman–Crippen MR) is 49.7 cm³/mol. The molecular formula is C8H18O8. The molecule has 0 radical (unpaired) electrons. The van der Waals surface area contributed by atoms with E-state index in [0.29, 0.717) is 0 Å². The normalized spacial score (nSPS) is 20.2. The fourth-order valence-corrected chi connectivity index (χ4v) is 1.06. The molecule has 0 aromatic heterocycles. The number of hydrogen-bond acceptors (Lipinski definition) is 8. The molecule has 0 bridgehead atoms. The summed E-state index contributed by atoms with van der Waals surface area (Å²) in [4.78, 5) is 0. The van der Waals surface area contributed by atoms with Gasteiger partial charge in [0, 0.05) is 0 Å². The molecule has 0 spiro atoms. The lowest BCUT2D eigenvalue weighted by molar-refractivity contribution is -0.356. The molecule has 8 N–H and O–H groups in total. The molecule has 0 amide bonds. The van der Waals surface area contributed by atoms with Gasteiger partial charge in [0.25, 0.3) is 0 Å². The molecule has 0 aromatic rings. The van der Waals surface area contributed by atoms with Crippen molar-refractivity contribution in [2.45, 2.75) is 43.2 Å². The van der Waals surface area contributed by atoms with Gasteiger partial charge in [-0.05, 0) is 12.8 Å². The zero-order chi connectivity index (χ0) is 12.9. The van der Waals surface area contributed by atoms with Gasteiger partial charge < -0.3 is 40.9 Å². The Labute approximate surface area is 91.6 Å². The van der Waals surface area contributed by atoms with Crippen molar-refractivity contribution >= 4 is 0 Å². The summed E-state index contributed by atoms with van der Waals surface area (Å²) in [6, 6.07) is 0. The van der Waals surface area contributed by atoms with Crippen LogP contribution in [0.5, 0.6) is 0 Å². The third kappa shape index (κ3) is 5.14. The summed E-state index contributed by atoms with van der Waals surface area (Å²) in [5.74, 6) is -3.28. The van der Waals surface area contributed by atoms with Gasteiger partial charge in [0.1, 0.15) is 18.3 Å². The highest BCUT2D eigenvalue weighted by atomic mass is 16.7. The van der Waals surface area contributed by atoms with Gasteiger partial charge in [0.05, 0.1) is 12.7 Å². The molecule has 8 heteroatoms. The molecular weight excluding hydrogens is 224 g/mol. The third-order valence-electron chi connectivity index (χ3n) is 2.16. The Bertz CT molecular complexity index is 191. The van der Waals surface area contributed by atoms with E-state index in [1.165, 1.54) is 0 Å². The lowest BCUT2D eigenvalue weighted by Crippen LogP contribution is -2.44. The number of aliphatic hydroxyl groups excluding tert-OH is 5. The average molecular weight is 242 g/mol. The molecule has 0 heterocycles. The van der Waals surface area contributed by atoms with E-state index in [4.69, 9.17) is 30.6 Å². The Morgan fingerprint density at radius 2 is 1.31 bits per heavy atom. The Morgan fingerprint density at radius 3 is 1.69 bits per heavy atom. The monoisotopic (exact) mass is 242 g/mol. The van der Waals surface area contributed by atoms with Gasteiger partial charge in [-0.3, -0.25) is 0 Å². The largest absolute Gasteiger partial charge is 0.394 e. The van der Waals surface area contributed by atoms with E-state index in [1.807, 2.05) is 0 Å². The average Bonchev–Trinajstić information content (AvgIpc) is 2.21. The molecule has 0 fully saturated rings. The van der Waals surface area contributed by atoms with Gasteiger partial charge in [-0.25, -0.2) is 0 Å². The highest BCUT2D eigenvalue weighted by Crippen LogP contribution is 2.13. The van der Waals surface area contributed by atoms with Crippen molar-refractivity contribution in [3.8, 4) is 0 Å². The zero-order valence-electron chi connectivity index (χ0n) is 8.51. The van der Waals surface area contributed by atoms with Crippen LogP contribution in [-0.2, 0) is 0 Å². The molecule has 0 unspecified atom stereocenters. The van der Waals surface area contributed by atoms with E-state index >= 15 is 0 Å². The Morgan fingerprint density at radius 1 is 0.812 bits per heavy atom. The van der Waals surface area contributed by atoms with Crippen LogP contribution in [0.2, 0.25) is 0 Å². The lowest BCUT2D eigenvalue weighted by Gasteiger charge is -2.25. The zero-order valence-corrected chi connectivity index (χ0v) is 8.51. The Kier molecular flexibility index (Phi) is 6.30. The van der Waals surface area contributed by atoms with E-state index < -0.39 is 43.4 Å². The van der Waals surface area contributed by atoms with E-state index in [0.717, 1.165) is 0 Å². The minimum Gasteiger partial charge on any atom is -0.394 e. The summed E-state index contributed by atoms with van der Waals surface area (Å²) < 4.78 is 0. The summed E-state index contributed by atoms with van der Waals surface area (Å²) >= 11 is 0. The van der Waals surface area contributed by atoms with Crippen LogP contribution in [0.4, 0.5) is 0 Å².